The Kier molecular flexibility index (Phi) is 5.21. The SMILES string of the molecule is C=CC(=O)N1CC2(CCN(C(=O)[C@H](c3ccccc3)C3CCCC3)CC2(F)F)C1. The van der Waals surface area contributed by atoms with Gasteiger partial charge in [-0.15, -0.1) is 0 Å². The molecule has 3 fully saturated rings. The van der Waals surface area contributed by atoms with Crippen molar-refractivity contribution < 1.29 is 18.4 Å². The number of carbonyl (C=O) groups excluding carboxylic acids is 2. The van der Waals surface area contributed by atoms with Gasteiger partial charge in [-0.05, 0) is 36.8 Å². The number of halogens is 2. The lowest BCUT2D eigenvalue weighted by Crippen LogP contribution is -2.71. The predicted molar refractivity (Wildman–Crippen MR) is 106 cm³/mol. The highest BCUT2D eigenvalue weighted by atomic mass is 19.3. The van der Waals surface area contributed by atoms with Crippen molar-refractivity contribution in [3.8, 4) is 0 Å². The highest BCUT2D eigenvalue weighted by Crippen LogP contribution is 2.51. The summed E-state index contributed by atoms with van der Waals surface area (Å²) in [5.41, 5.74) is -0.280. The molecule has 0 bridgehead atoms. The van der Waals surface area contributed by atoms with Crippen LogP contribution in [0.15, 0.2) is 43.0 Å². The minimum atomic E-state index is -3.00. The van der Waals surface area contributed by atoms with Crippen molar-refractivity contribution in [2.24, 2.45) is 11.3 Å². The van der Waals surface area contributed by atoms with Crippen LogP contribution in [0.4, 0.5) is 8.78 Å². The predicted octanol–water partition coefficient (Wildman–Crippen LogP) is 3.84. The van der Waals surface area contributed by atoms with E-state index in [0.717, 1.165) is 37.3 Å². The molecular weight excluding hydrogens is 374 g/mol. The molecule has 156 valence electrons. The van der Waals surface area contributed by atoms with Gasteiger partial charge in [0.15, 0.2) is 0 Å². The molecule has 3 aliphatic rings. The van der Waals surface area contributed by atoms with Crippen LogP contribution in [0.3, 0.4) is 0 Å². The van der Waals surface area contributed by atoms with Crippen molar-refractivity contribution >= 4 is 11.8 Å². The van der Waals surface area contributed by atoms with Crippen LogP contribution in [-0.4, -0.2) is 53.7 Å². The fourth-order valence-electron chi connectivity index (χ4n) is 5.33. The van der Waals surface area contributed by atoms with Gasteiger partial charge in [-0.2, -0.15) is 0 Å². The molecule has 2 aliphatic heterocycles. The molecular formula is C23H28F2N2O2. The second-order valence-corrected chi connectivity index (χ2v) is 8.83. The highest BCUT2D eigenvalue weighted by molar-refractivity contribution is 5.88. The summed E-state index contributed by atoms with van der Waals surface area (Å²) in [4.78, 5) is 27.9. The first kappa shape index (κ1) is 20.0. The first-order valence-electron chi connectivity index (χ1n) is 10.5. The molecule has 1 aromatic rings. The Morgan fingerprint density at radius 3 is 2.31 bits per heavy atom. The van der Waals surface area contributed by atoms with Gasteiger partial charge in [0.2, 0.25) is 11.8 Å². The maximum absolute atomic E-state index is 15.1. The van der Waals surface area contributed by atoms with E-state index in [0.29, 0.717) is 6.54 Å². The monoisotopic (exact) mass is 402 g/mol. The Labute approximate surface area is 170 Å². The molecule has 6 heteroatoms. The van der Waals surface area contributed by atoms with Gasteiger partial charge in [0.1, 0.15) is 0 Å². The van der Waals surface area contributed by atoms with Crippen LogP contribution < -0.4 is 0 Å². The average Bonchev–Trinajstić information content (AvgIpc) is 3.20. The molecule has 4 rings (SSSR count). The number of piperidine rings is 1. The lowest BCUT2D eigenvalue weighted by Gasteiger charge is -2.57. The first-order chi connectivity index (χ1) is 13.9. The van der Waals surface area contributed by atoms with E-state index in [4.69, 9.17) is 0 Å². The van der Waals surface area contributed by atoms with E-state index in [9.17, 15) is 9.59 Å². The third kappa shape index (κ3) is 3.47. The Morgan fingerprint density at radius 1 is 1.07 bits per heavy atom. The molecule has 0 radical (unpaired) electrons. The third-order valence-electron chi connectivity index (χ3n) is 7.11. The van der Waals surface area contributed by atoms with Gasteiger partial charge < -0.3 is 9.80 Å². The molecule has 29 heavy (non-hydrogen) atoms. The van der Waals surface area contributed by atoms with Gasteiger partial charge >= 0.3 is 0 Å². The van der Waals surface area contributed by atoms with Crippen LogP contribution in [0.5, 0.6) is 0 Å². The summed E-state index contributed by atoms with van der Waals surface area (Å²) in [6.45, 7) is 3.26. The summed E-state index contributed by atoms with van der Waals surface area (Å²) in [5, 5.41) is 0. The number of hydrogen-bond acceptors (Lipinski definition) is 2. The molecule has 0 N–H and O–H groups in total. The maximum atomic E-state index is 15.1. The summed E-state index contributed by atoms with van der Waals surface area (Å²) in [5.74, 6) is -3.61. The average molecular weight is 402 g/mol. The van der Waals surface area contributed by atoms with Gasteiger partial charge in [0, 0.05) is 19.6 Å². The van der Waals surface area contributed by atoms with E-state index in [2.05, 4.69) is 6.58 Å². The van der Waals surface area contributed by atoms with Gasteiger partial charge in [0.25, 0.3) is 5.92 Å². The molecule has 1 aromatic carbocycles. The van der Waals surface area contributed by atoms with Crippen molar-refractivity contribution in [1.29, 1.82) is 0 Å². The van der Waals surface area contributed by atoms with Crippen molar-refractivity contribution in [1.82, 2.24) is 9.80 Å². The largest absolute Gasteiger partial charge is 0.337 e. The van der Waals surface area contributed by atoms with E-state index in [-0.39, 0.29) is 43.2 Å². The van der Waals surface area contributed by atoms with Crippen molar-refractivity contribution in [2.75, 3.05) is 26.2 Å². The lowest BCUT2D eigenvalue weighted by atomic mass is 9.68. The number of amides is 2. The molecule has 0 aromatic heterocycles. The second-order valence-electron chi connectivity index (χ2n) is 8.83. The van der Waals surface area contributed by atoms with Gasteiger partial charge in [0.05, 0.1) is 17.9 Å². The van der Waals surface area contributed by atoms with Crippen molar-refractivity contribution in [2.45, 2.75) is 43.9 Å². The summed E-state index contributed by atoms with van der Waals surface area (Å²) in [6, 6.07) is 9.60. The van der Waals surface area contributed by atoms with Gasteiger partial charge in [-0.25, -0.2) is 8.78 Å². The van der Waals surface area contributed by atoms with E-state index >= 15 is 8.78 Å². The zero-order valence-corrected chi connectivity index (χ0v) is 16.7. The number of nitrogens with zero attached hydrogens (tertiary/aromatic N) is 2. The van der Waals surface area contributed by atoms with Crippen LogP contribution in [0.25, 0.3) is 0 Å². The second kappa shape index (κ2) is 7.54. The molecule has 1 aliphatic carbocycles. The van der Waals surface area contributed by atoms with E-state index < -0.39 is 17.9 Å². The van der Waals surface area contributed by atoms with Crippen LogP contribution in [0, 0.1) is 11.3 Å². The van der Waals surface area contributed by atoms with Crippen LogP contribution in [0.1, 0.15) is 43.6 Å². The summed E-state index contributed by atoms with van der Waals surface area (Å²) < 4.78 is 30.3. The Balaban J connectivity index is 1.50. The van der Waals surface area contributed by atoms with E-state index in [1.54, 1.807) is 0 Å². The molecule has 2 heterocycles. The fraction of sp³-hybridized carbons (Fsp3) is 0.565. The number of benzene rings is 1. The number of carbonyl (C=O) groups is 2. The van der Waals surface area contributed by atoms with Gasteiger partial charge in [-0.1, -0.05) is 49.8 Å². The maximum Gasteiger partial charge on any atom is 0.274 e. The molecule has 1 atom stereocenters. The number of likely N-dealkylation sites (tertiary alicyclic amines) is 2. The Bertz CT molecular complexity index is 783. The highest BCUT2D eigenvalue weighted by Gasteiger charge is 2.64. The summed E-state index contributed by atoms with van der Waals surface area (Å²) in [6.07, 6.45) is 5.51. The fourth-order valence-corrected chi connectivity index (χ4v) is 5.33. The molecule has 1 spiro atoms. The van der Waals surface area contributed by atoms with E-state index in [1.807, 2.05) is 30.3 Å². The van der Waals surface area contributed by atoms with Crippen molar-refractivity contribution in [3.63, 3.8) is 0 Å². The third-order valence-corrected chi connectivity index (χ3v) is 7.11. The molecule has 4 nitrogen and oxygen atoms in total. The normalized spacial score (nSPS) is 24.2. The lowest BCUT2D eigenvalue weighted by molar-refractivity contribution is -0.223. The summed E-state index contributed by atoms with van der Waals surface area (Å²) in [7, 11) is 0. The topological polar surface area (TPSA) is 40.6 Å². The molecule has 1 saturated carbocycles. The standard InChI is InChI=1S/C23H28F2N2O2/c1-2-19(28)27-14-22(15-27)12-13-26(16-23(22,24)25)21(29)20(18-10-6-7-11-18)17-8-4-3-5-9-17/h2-5,8-9,18,20H,1,6-7,10-16H2/t20-/m1/s1. The first-order valence-corrected chi connectivity index (χ1v) is 10.5. The number of alkyl halides is 2. The minimum absolute atomic E-state index is 0.0393. The van der Waals surface area contributed by atoms with Crippen molar-refractivity contribution in [3.05, 3.63) is 48.6 Å². The number of rotatable bonds is 4. The van der Waals surface area contributed by atoms with E-state index in [1.165, 1.54) is 9.80 Å². The van der Waals surface area contributed by atoms with Crippen LogP contribution in [-0.2, 0) is 9.59 Å². The zero-order valence-electron chi connectivity index (χ0n) is 16.7. The summed E-state index contributed by atoms with van der Waals surface area (Å²) >= 11 is 0. The van der Waals surface area contributed by atoms with Crippen LogP contribution >= 0.6 is 0 Å². The molecule has 2 amide bonds. The molecule has 0 unspecified atom stereocenters. The smallest absolute Gasteiger partial charge is 0.274 e. The number of hydrogen-bond donors (Lipinski definition) is 0. The Morgan fingerprint density at radius 2 is 1.72 bits per heavy atom. The zero-order chi connectivity index (χ0) is 20.6. The minimum Gasteiger partial charge on any atom is -0.337 e. The quantitative estimate of drug-likeness (QED) is 0.718. The van der Waals surface area contributed by atoms with Gasteiger partial charge in [-0.3, -0.25) is 9.59 Å². The molecule has 2 saturated heterocycles. The Hall–Kier alpha value is -2.24. The van der Waals surface area contributed by atoms with Crippen LogP contribution in [0.2, 0.25) is 0 Å².